The number of amides is 2. The molecule has 0 aromatic heterocycles. The number of carboxylic acid groups (broad SMARTS) is 1. The minimum atomic E-state index is -0.883. The van der Waals surface area contributed by atoms with Gasteiger partial charge in [0, 0.05) is 32.3 Å². The highest BCUT2D eigenvalue weighted by atomic mass is 16.4. The summed E-state index contributed by atoms with van der Waals surface area (Å²) < 4.78 is 0. The number of aliphatic hydroxyl groups is 1. The summed E-state index contributed by atoms with van der Waals surface area (Å²) in [6, 6.07) is 0.106. The maximum atomic E-state index is 12.3. The molecule has 0 aromatic carbocycles. The Morgan fingerprint density at radius 3 is 2.39 bits per heavy atom. The zero-order valence-corrected chi connectivity index (χ0v) is 10.8. The molecule has 104 valence electrons. The van der Waals surface area contributed by atoms with Crippen LogP contribution in [0.4, 0.5) is 4.79 Å². The summed E-state index contributed by atoms with van der Waals surface area (Å²) in [6.45, 7) is 3.31. The Hall–Kier alpha value is -1.30. The van der Waals surface area contributed by atoms with Crippen molar-refractivity contribution in [2.24, 2.45) is 0 Å². The van der Waals surface area contributed by atoms with Gasteiger partial charge in [0.25, 0.3) is 0 Å². The smallest absolute Gasteiger partial charge is 0.320 e. The lowest BCUT2D eigenvalue weighted by Crippen LogP contribution is -2.45. The number of carbonyl (C=O) groups is 2. The molecular weight excluding hydrogens is 236 g/mol. The normalized spacial score (nSPS) is 14.3. The highest BCUT2D eigenvalue weighted by molar-refractivity contribution is 5.76. The molecule has 1 rings (SSSR count). The van der Waals surface area contributed by atoms with E-state index in [1.807, 2.05) is 6.92 Å². The molecule has 0 aliphatic heterocycles. The molecule has 6 heteroatoms. The van der Waals surface area contributed by atoms with Gasteiger partial charge in [0.1, 0.15) is 0 Å². The van der Waals surface area contributed by atoms with E-state index in [1.165, 1.54) is 0 Å². The first kappa shape index (κ1) is 14.8. The van der Waals surface area contributed by atoms with Gasteiger partial charge in [0.15, 0.2) is 0 Å². The summed E-state index contributed by atoms with van der Waals surface area (Å²) in [5.74, 6) is -0.883. The molecule has 1 aliphatic carbocycles. The fourth-order valence-corrected chi connectivity index (χ4v) is 1.87. The van der Waals surface area contributed by atoms with Crippen LogP contribution in [0.25, 0.3) is 0 Å². The molecule has 0 unspecified atom stereocenters. The van der Waals surface area contributed by atoms with Crippen LogP contribution in [0.5, 0.6) is 0 Å². The summed E-state index contributed by atoms with van der Waals surface area (Å²) in [6.07, 6.45) is 2.46. The van der Waals surface area contributed by atoms with Crippen LogP contribution in [0.15, 0.2) is 0 Å². The van der Waals surface area contributed by atoms with Gasteiger partial charge in [-0.1, -0.05) is 0 Å². The summed E-state index contributed by atoms with van der Waals surface area (Å²) in [4.78, 5) is 26.2. The number of hydrogen-bond donors (Lipinski definition) is 2. The van der Waals surface area contributed by atoms with Crippen molar-refractivity contribution < 1.29 is 19.8 Å². The lowest BCUT2D eigenvalue weighted by molar-refractivity contribution is -0.137. The van der Waals surface area contributed by atoms with Gasteiger partial charge in [0.2, 0.25) is 0 Å². The van der Waals surface area contributed by atoms with E-state index in [2.05, 4.69) is 0 Å². The first-order chi connectivity index (χ1) is 8.60. The number of nitrogens with zero attached hydrogens (tertiary/aromatic N) is 2. The van der Waals surface area contributed by atoms with E-state index in [1.54, 1.807) is 9.80 Å². The standard InChI is InChI=1S/C12H22N2O4/c1-2-13(7-3-9-15)12(18)14(10-4-5-10)8-6-11(16)17/h10,15H,2-9H2,1H3,(H,16,17). The van der Waals surface area contributed by atoms with Gasteiger partial charge in [-0.25, -0.2) is 4.79 Å². The number of hydrogen-bond acceptors (Lipinski definition) is 3. The van der Waals surface area contributed by atoms with Gasteiger partial charge in [0.05, 0.1) is 6.42 Å². The highest BCUT2D eigenvalue weighted by Gasteiger charge is 2.34. The van der Waals surface area contributed by atoms with Crippen molar-refractivity contribution in [1.82, 2.24) is 9.80 Å². The van der Waals surface area contributed by atoms with Gasteiger partial charge in [-0.3, -0.25) is 4.79 Å². The molecule has 6 nitrogen and oxygen atoms in total. The van der Waals surface area contributed by atoms with Gasteiger partial charge in [-0.15, -0.1) is 0 Å². The van der Waals surface area contributed by atoms with Crippen molar-refractivity contribution in [1.29, 1.82) is 0 Å². The number of carboxylic acids is 1. The van der Waals surface area contributed by atoms with Crippen LogP contribution in [0.2, 0.25) is 0 Å². The van der Waals surface area contributed by atoms with Crippen LogP contribution in [-0.2, 0) is 4.79 Å². The van der Waals surface area contributed by atoms with Gasteiger partial charge < -0.3 is 20.0 Å². The Morgan fingerprint density at radius 1 is 1.28 bits per heavy atom. The lowest BCUT2D eigenvalue weighted by atomic mass is 10.3. The molecule has 0 aromatic rings. The van der Waals surface area contributed by atoms with Crippen LogP contribution in [0.1, 0.15) is 32.6 Å². The van der Waals surface area contributed by atoms with Crippen LogP contribution in [0, 0.1) is 0 Å². The van der Waals surface area contributed by atoms with E-state index in [4.69, 9.17) is 10.2 Å². The molecule has 1 saturated carbocycles. The molecule has 0 saturated heterocycles. The Bertz CT molecular complexity index is 292. The van der Waals surface area contributed by atoms with E-state index in [0.717, 1.165) is 12.8 Å². The molecular formula is C12H22N2O4. The third kappa shape index (κ3) is 4.52. The minimum Gasteiger partial charge on any atom is -0.481 e. The van der Waals surface area contributed by atoms with Crippen molar-refractivity contribution >= 4 is 12.0 Å². The summed E-state index contributed by atoms with van der Waals surface area (Å²) in [5.41, 5.74) is 0. The summed E-state index contributed by atoms with van der Waals surface area (Å²) >= 11 is 0. The number of rotatable bonds is 8. The Balaban J connectivity index is 2.53. The van der Waals surface area contributed by atoms with Crippen LogP contribution < -0.4 is 0 Å². The molecule has 0 radical (unpaired) electrons. The average Bonchev–Trinajstić information content (AvgIpc) is 3.14. The van der Waals surface area contributed by atoms with E-state index >= 15 is 0 Å². The molecule has 0 heterocycles. The van der Waals surface area contributed by atoms with E-state index in [0.29, 0.717) is 19.5 Å². The highest BCUT2D eigenvalue weighted by Crippen LogP contribution is 2.28. The van der Waals surface area contributed by atoms with E-state index in [9.17, 15) is 9.59 Å². The third-order valence-corrected chi connectivity index (χ3v) is 3.04. The molecule has 1 fully saturated rings. The third-order valence-electron chi connectivity index (χ3n) is 3.04. The van der Waals surface area contributed by atoms with Crippen molar-refractivity contribution in [2.75, 3.05) is 26.2 Å². The van der Waals surface area contributed by atoms with Crippen LogP contribution in [0.3, 0.4) is 0 Å². The van der Waals surface area contributed by atoms with Crippen LogP contribution >= 0.6 is 0 Å². The molecule has 2 amide bonds. The van der Waals surface area contributed by atoms with E-state index in [-0.39, 0.29) is 31.6 Å². The maximum absolute atomic E-state index is 12.3. The fraction of sp³-hybridized carbons (Fsp3) is 0.833. The number of aliphatic hydroxyl groups excluding tert-OH is 1. The maximum Gasteiger partial charge on any atom is 0.320 e. The second kappa shape index (κ2) is 7.20. The van der Waals surface area contributed by atoms with Gasteiger partial charge in [-0.05, 0) is 26.2 Å². The Morgan fingerprint density at radius 2 is 1.94 bits per heavy atom. The predicted octanol–water partition coefficient (Wildman–Crippen LogP) is 0.750. The number of aliphatic carboxylic acids is 1. The molecule has 0 spiro atoms. The van der Waals surface area contributed by atoms with Gasteiger partial charge >= 0.3 is 12.0 Å². The monoisotopic (exact) mass is 258 g/mol. The van der Waals surface area contributed by atoms with Gasteiger partial charge in [-0.2, -0.15) is 0 Å². The minimum absolute atomic E-state index is 0.0141. The molecule has 18 heavy (non-hydrogen) atoms. The zero-order valence-electron chi connectivity index (χ0n) is 10.8. The number of carbonyl (C=O) groups excluding carboxylic acids is 1. The SMILES string of the molecule is CCN(CCCO)C(=O)N(CCC(=O)O)C1CC1. The predicted molar refractivity (Wildman–Crippen MR) is 66.3 cm³/mol. The lowest BCUT2D eigenvalue weighted by Gasteiger charge is -2.29. The quantitative estimate of drug-likeness (QED) is 0.673. The number of urea groups is 1. The fourth-order valence-electron chi connectivity index (χ4n) is 1.87. The molecule has 0 bridgehead atoms. The Labute approximate surface area is 107 Å². The van der Waals surface area contributed by atoms with E-state index < -0.39 is 5.97 Å². The second-order valence-electron chi connectivity index (χ2n) is 4.51. The summed E-state index contributed by atoms with van der Waals surface area (Å²) in [5, 5.41) is 17.5. The Kier molecular flexibility index (Phi) is 5.91. The first-order valence-electron chi connectivity index (χ1n) is 6.48. The largest absolute Gasteiger partial charge is 0.481 e. The topological polar surface area (TPSA) is 81.1 Å². The van der Waals surface area contributed by atoms with Crippen LogP contribution in [-0.4, -0.2) is 64.3 Å². The van der Waals surface area contributed by atoms with Crippen molar-refractivity contribution in [3.63, 3.8) is 0 Å². The molecule has 0 atom stereocenters. The van der Waals surface area contributed by atoms with Crippen molar-refractivity contribution in [3.05, 3.63) is 0 Å². The summed E-state index contributed by atoms with van der Waals surface area (Å²) in [7, 11) is 0. The molecule has 1 aliphatic rings. The molecule has 2 N–H and O–H groups in total. The van der Waals surface area contributed by atoms with Crippen molar-refractivity contribution in [3.8, 4) is 0 Å². The van der Waals surface area contributed by atoms with Crippen molar-refractivity contribution in [2.45, 2.75) is 38.6 Å². The second-order valence-corrected chi connectivity index (χ2v) is 4.51. The first-order valence-corrected chi connectivity index (χ1v) is 6.48. The average molecular weight is 258 g/mol. The zero-order chi connectivity index (χ0) is 13.5.